The maximum atomic E-state index is 12.8. The first-order valence-corrected chi connectivity index (χ1v) is 10.6. The Morgan fingerprint density at radius 1 is 1.15 bits per heavy atom. The molecule has 0 aliphatic carbocycles. The summed E-state index contributed by atoms with van der Waals surface area (Å²) in [6, 6.07) is 7.26. The maximum absolute atomic E-state index is 12.8. The Hall–Kier alpha value is -1.71. The smallest absolute Gasteiger partial charge is 0.262 e. The van der Waals surface area contributed by atoms with E-state index in [-0.39, 0.29) is 17.5 Å². The van der Waals surface area contributed by atoms with Gasteiger partial charge in [-0.3, -0.25) is 4.79 Å². The summed E-state index contributed by atoms with van der Waals surface area (Å²) in [4.78, 5) is 18.6. The van der Waals surface area contributed by atoms with Crippen molar-refractivity contribution in [2.45, 2.75) is 18.4 Å². The lowest BCUT2D eigenvalue weighted by Crippen LogP contribution is -2.37. The SMILES string of the molecule is Cc1nc(S(=O)(=O)N2CCCN(C(=O)c3ccccc3Br)CC2)cn1C. The number of nitrogens with zero attached hydrogens (tertiary/aromatic N) is 4. The van der Waals surface area contributed by atoms with Crippen LogP contribution in [0.3, 0.4) is 0 Å². The first-order valence-electron chi connectivity index (χ1n) is 8.34. The molecular formula is C17H21BrN4O3S. The van der Waals surface area contributed by atoms with Crippen molar-refractivity contribution in [2.75, 3.05) is 26.2 Å². The molecule has 7 nitrogen and oxygen atoms in total. The first kappa shape index (κ1) is 19.1. The first-order chi connectivity index (χ1) is 12.3. The van der Waals surface area contributed by atoms with Gasteiger partial charge in [0.15, 0.2) is 5.03 Å². The highest BCUT2D eigenvalue weighted by Gasteiger charge is 2.30. The minimum absolute atomic E-state index is 0.0584. The van der Waals surface area contributed by atoms with E-state index in [1.54, 1.807) is 29.5 Å². The number of amides is 1. The van der Waals surface area contributed by atoms with Crippen molar-refractivity contribution in [1.82, 2.24) is 18.8 Å². The van der Waals surface area contributed by atoms with Crippen molar-refractivity contribution in [2.24, 2.45) is 7.05 Å². The zero-order valence-corrected chi connectivity index (χ0v) is 17.1. The van der Waals surface area contributed by atoms with E-state index in [1.807, 2.05) is 18.2 Å². The number of hydrogen-bond acceptors (Lipinski definition) is 4. The minimum Gasteiger partial charge on any atom is -0.337 e. The number of carbonyl (C=O) groups is 1. The molecule has 1 aromatic heterocycles. The summed E-state index contributed by atoms with van der Waals surface area (Å²) >= 11 is 3.40. The van der Waals surface area contributed by atoms with Gasteiger partial charge in [-0.05, 0) is 41.4 Å². The number of aromatic nitrogens is 2. The number of rotatable bonds is 3. The van der Waals surface area contributed by atoms with Gasteiger partial charge in [0.05, 0.1) is 5.56 Å². The molecule has 0 bridgehead atoms. The van der Waals surface area contributed by atoms with Gasteiger partial charge < -0.3 is 9.47 Å². The van der Waals surface area contributed by atoms with E-state index in [9.17, 15) is 13.2 Å². The van der Waals surface area contributed by atoms with E-state index in [0.717, 1.165) is 4.47 Å². The Labute approximate surface area is 161 Å². The molecule has 0 atom stereocenters. The van der Waals surface area contributed by atoms with Crippen LogP contribution in [0.4, 0.5) is 0 Å². The number of aryl methyl sites for hydroxylation is 2. The lowest BCUT2D eigenvalue weighted by atomic mass is 10.2. The monoisotopic (exact) mass is 440 g/mol. The van der Waals surface area contributed by atoms with Crippen LogP contribution in [0.25, 0.3) is 0 Å². The summed E-state index contributed by atoms with van der Waals surface area (Å²) in [7, 11) is -1.89. The maximum Gasteiger partial charge on any atom is 0.262 e. The third-order valence-electron chi connectivity index (χ3n) is 4.54. The molecule has 1 fully saturated rings. The van der Waals surface area contributed by atoms with Crippen LogP contribution >= 0.6 is 15.9 Å². The molecule has 0 saturated carbocycles. The molecule has 9 heteroatoms. The van der Waals surface area contributed by atoms with Gasteiger partial charge in [-0.15, -0.1) is 0 Å². The number of sulfonamides is 1. The van der Waals surface area contributed by atoms with E-state index in [1.165, 1.54) is 10.5 Å². The Morgan fingerprint density at radius 3 is 2.54 bits per heavy atom. The summed E-state index contributed by atoms with van der Waals surface area (Å²) in [5.41, 5.74) is 0.587. The van der Waals surface area contributed by atoms with Crippen LogP contribution < -0.4 is 0 Å². The highest BCUT2D eigenvalue weighted by molar-refractivity contribution is 9.10. The second kappa shape index (κ2) is 7.50. The molecule has 0 radical (unpaired) electrons. The Kier molecular flexibility index (Phi) is 5.50. The fraction of sp³-hybridized carbons (Fsp3) is 0.412. The van der Waals surface area contributed by atoms with Gasteiger partial charge in [0.25, 0.3) is 15.9 Å². The molecule has 26 heavy (non-hydrogen) atoms. The van der Waals surface area contributed by atoms with Gasteiger partial charge in [-0.25, -0.2) is 13.4 Å². The van der Waals surface area contributed by atoms with Crippen molar-refractivity contribution >= 4 is 31.9 Å². The molecule has 0 unspecified atom stereocenters. The second-order valence-electron chi connectivity index (χ2n) is 6.27. The molecule has 1 aliphatic heterocycles. The van der Waals surface area contributed by atoms with Crippen LogP contribution in [0.1, 0.15) is 22.6 Å². The van der Waals surface area contributed by atoms with Crippen molar-refractivity contribution in [3.8, 4) is 0 Å². The molecule has 3 rings (SSSR count). The summed E-state index contributed by atoms with van der Waals surface area (Å²) in [6.07, 6.45) is 2.11. The number of benzene rings is 1. The minimum atomic E-state index is -3.65. The Morgan fingerprint density at radius 2 is 1.88 bits per heavy atom. The van der Waals surface area contributed by atoms with Crippen molar-refractivity contribution < 1.29 is 13.2 Å². The lowest BCUT2D eigenvalue weighted by Gasteiger charge is -2.22. The third-order valence-corrected chi connectivity index (χ3v) is 7.00. The van der Waals surface area contributed by atoms with E-state index < -0.39 is 10.0 Å². The molecule has 2 aromatic rings. The third kappa shape index (κ3) is 3.70. The Bertz CT molecular complexity index is 906. The van der Waals surface area contributed by atoms with Crippen molar-refractivity contribution in [1.29, 1.82) is 0 Å². The van der Waals surface area contributed by atoms with Gasteiger partial charge in [-0.2, -0.15) is 4.31 Å². The number of hydrogen-bond donors (Lipinski definition) is 0. The fourth-order valence-electron chi connectivity index (χ4n) is 2.93. The number of halogens is 1. The quantitative estimate of drug-likeness (QED) is 0.731. The molecule has 0 N–H and O–H groups in total. The number of carbonyl (C=O) groups excluding carboxylic acids is 1. The molecule has 1 aliphatic rings. The topological polar surface area (TPSA) is 75.5 Å². The highest BCUT2D eigenvalue weighted by atomic mass is 79.9. The summed E-state index contributed by atoms with van der Waals surface area (Å²) in [5.74, 6) is 0.550. The predicted molar refractivity (Wildman–Crippen MR) is 101 cm³/mol. The average molecular weight is 441 g/mol. The molecule has 2 heterocycles. The largest absolute Gasteiger partial charge is 0.337 e. The Balaban J connectivity index is 1.76. The summed E-state index contributed by atoms with van der Waals surface area (Å²) in [5, 5.41) is 0.0584. The summed E-state index contributed by atoms with van der Waals surface area (Å²) in [6.45, 7) is 3.27. The van der Waals surface area contributed by atoms with Crippen LogP contribution in [0.5, 0.6) is 0 Å². The molecule has 1 aromatic carbocycles. The molecule has 1 amide bonds. The van der Waals surface area contributed by atoms with E-state index >= 15 is 0 Å². The number of imidazole rings is 1. The molecule has 1 saturated heterocycles. The highest BCUT2D eigenvalue weighted by Crippen LogP contribution is 2.21. The van der Waals surface area contributed by atoms with Crippen molar-refractivity contribution in [3.05, 3.63) is 46.3 Å². The van der Waals surface area contributed by atoms with Gasteiger partial charge in [0.1, 0.15) is 5.82 Å². The van der Waals surface area contributed by atoms with Crippen LogP contribution in [-0.2, 0) is 17.1 Å². The molecule has 0 spiro atoms. The molecular weight excluding hydrogens is 420 g/mol. The van der Waals surface area contributed by atoms with E-state index in [0.29, 0.717) is 37.4 Å². The van der Waals surface area contributed by atoms with Gasteiger partial charge >= 0.3 is 0 Å². The van der Waals surface area contributed by atoms with Gasteiger partial charge in [0, 0.05) is 43.9 Å². The zero-order chi connectivity index (χ0) is 18.9. The van der Waals surface area contributed by atoms with Crippen LogP contribution in [0.15, 0.2) is 40.0 Å². The van der Waals surface area contributed by atoms with Gasteiger partial charge in [0.2, 0.25) is 0 Å². The molecule has 140 valence electrons. The van der Waals surface area contributed by atoms with Crippen molar-refractivity contribution in [3.63, 3.8) is 0 Å². The average Bonchev–Trinajstić information content (AvgIpc) is 2.82. The predicted octanol–water partition coefficient (Wildman–Crippen LogP) is 2.03. The van der Waals surface area contributed by atoms with E-state index in [2.05, 4.69) is 20.9 Å². The summed E-state index contributed by atoms with van der Waals surface area (Å²) < 4.78 is 29.5. The van der Waals surface area contributed by atoms with Crippen LogP contribution in [0, 0.1) is 6.92 Å². The van der Waals surface area contributed by atoms with E-state index in [4.69, 9.17) is 0 Å². The normalized spacial score (nSPS) is 16.5. The second-order valence-corrected chi connectivity index (χ2v) is 9.01. The fourth-order valence-corrected chi connectivity index (χ4v) is 4.87. The lowest BCUT2D eigenvalue weighted by molar-refractivity contribution is 0.0763. The van der Waals surface area contributed by atoms with Gasteiger partial charge in [-0.1, -0.05) is 12.1 Å². The van der Waals surface area contributed by atoms with Crippen LogP contribution in [-0.4, -0.2) is 59.3 Å². The standard InChI is InChI=1S/C17H21BrN4O3S/c1-13-19-16(12-20(13)2)26(24,25)22-9-5-8-21(10-11-22)17(23)14-6-3-4-7-15(14)18/h3-4,6-7,12H,5,8-11H2,1-2H3. The van der Waals surface area contributed by atoms with Crippen LogP contribution in [0.2, 0.25) is 0 Å². The zero-order valence-electron chi connectivity index (χ0n) is 14.7.